The quantitative estimate of drug-likeness (QED) is 0.602. The molecule has 9 heteroatoms. The van der Waals surface area contributed by atoms with E-state index in [1.165, 1.54) is 11.8 Å². The Morgan fingerprint density at radius 2 is 1.74 bits per heavy atom. The molecule has 34 heavy (non-hydrogen) atoms. The van der Waals surface area contributed by atoms with E-state index in [4.69, 9.17) is 27.9 Å². The van der Waals surface area contributed by atoms with Crippen LogP contribution in [0.1, 0.15) is 29.6 Å². The molecule has 1 atom stereocenters. The summed E-state index contributed by atoms with van der Waals surface area (Å²) in [5.41, 5.74) is 1.60. The van der Waals surface area contributed by atoms with Gasteiger partial charge in [-0.1, -0.05) is 23.2 Å². The zero-order valence-corrected chi connectivity index (χ0v) is 20.7. The summed E-state index contributed by atoms with van der Waals surface area (Å²) in [5, 5.41) is 6.39. The molecule has 7 nitrogen and oxygen atoms in total. The summed E-state index contributed by atoms with van der Waals surface area (Å²) in [4.78, 5) is 29.5. The highest BCUT2D eigenvalue weighted by molar-refractivity contribution is 6.42. The van der Waals surface area contributed by atoms with Crippen LogP contribution in [0.2, 0.25) is 10.0 Å². The second-order valence-corrected chi connectivity index (χ2v) is 9.59. The van der Waals surface area contributed by atoms with Crippen LogP contribution in [-0.4, -0.2) is 68.6 Å². The Morgan fingerprint density at radius 3 is 2.41 bits per heavy atom. The lowest BCUT2D eigenvalue weighted by molar-refractivity contribution is -0.120. The Labute approximate surface area is 210 Å². The average Bonchev–Trinajstić information content (AvgIpc) is 3.32. The third-order valence-corrected chi connectivity index (χ3v) is 7.33. The number of ether oxygens (including phenoxy) is 1. The molecule has 0 radical (unpaired) electrons. The SMILES string of the molecule is COc1ccc(N2CCC(N3CC[C@@H](NC(=O)CNC(=O)c4ccc(Cl)c(Cl)c4)C3)CC2)cc1. The van der Waals surface area contributed by atoms with Gasteiger partial charge in [-0.3, -0.25) is 14.5 Å². The normalized spacial score (nSPS) is 19.1. The van der Waals surface area contributed by atoms with E-state index in [-0.39, 0.29) is 24.4 Å². The summed E-state index contributed by atoms with van der Waals surface area (Å²) >= 11 is 11.8. The molecule has 0 bridgehead atoms. The van der Waals surface area contributed by atoms with Gasteiger partial charge >= 0.3 is 0 Å². The molecule has 0 aromatic heterocycles. The van der Waals surface area contributed by atoms with Crippen LogP contribution in [0.3, 0.4) is 0 Å². The van der Waals surface area contributed by atoms with Crippen LogP contribution in [0.4, 0.5) is 5.69 Å². The van der Waals surface area contributed by atoms with Crippen molar-refractivity contribution < 1.29 is 14.3 Å². The molecule has 0 saturated carbocycles. The first-order valence-corrected chi connectivity index (χ1v) is 12.3. The summed E-state index contributed by atoms with van der Waals surface area (Å²) in [7, 11) is 1.68. The van der Waals surface area contributed by atoms with Crippen molar-refractivity contribution in [3.05, 3.63) is 58.1 Å². The van der Waals surface area contributed by atoms with Gasteiger partial charge in [-0.05, 0) is 61.7 Å². The van der Waals surface area contributed by atoms with Crippen molar-refractivity contribution in [2.24, 2.45) is 0 Å². The Kier molecular flexibility index (Phi) is 8.19. The van der Waals surface area contributed by atoms with Gasteiger partial charge in [-0.2, -0.15) is 0 Å². The maximum atomic E-state index is 12.4. The van der Waals surface area contributed by atoms with Gasteiger partial charge in [0.1, 0.15) is 5.75 Å². The second-order valence-electron chi connectivity index (χ2n) is 8.78. The van der Waals surface area contributed by atoms with Gasteiger partial charge in [0.15, 0.2) is 0 Å². The number of nitrogens with one attached hydrogen (secondary N) is 2. The Hall–Kier alpha value is -2.48. The van der Waals surface area contributed by atoms with Crippen molar-refractivity contribution in [1.29, 1.82) is 0 Å². The largest absolute Gasteiger partial charge is 0.497 e. The van der Waals surface area contributed by atoms with E-state index in [1.807, 2.05) is 12.1 Å². The van der Waals surface area contributed by atoms with Crippen LogP contribution < -0.4 is 20.3 Å². The lowest BCUT2D eigenvalue weighted by Crippen LogP contribution is -2.46. The highest BCUT2D eigenvalue weighted by Crippen LogP contribution is 2.26. The van der Waals surface area contributed by atoms with Crippen LogP contribution in [-0.2, 0) is 4.79 Å². The van der Waals surface area contributed by atoms with E-state index < -0.39 is 0 Å². The number of hydrogen-bond donors (Lipinski definition) is 2. The van der Waals surface area contributed by atoms with Crippen molar-refractivity contribution in [1.82, 2.24) is 15.5 Å². The molecule has 2 fully saturated rings. The average molecular weight is 505 g/mol. The minimum absolute atomic E-state index is 0.0736. The van der Waals surface area contributed by atoms with E-state index in [0.29, 0.717) is 21.7 Å². The van der Waals surface area contributed by atoms with Gasteiger partial charge < -0.3 is 20.3 Å². The molecule has 2 aliphatic rings. The van der Waals surface area contributed by atoms with Crippen molar-refractivity contribution in [2.75, 3.05) is 44.7 Å². The third-order valence-electron chi connectivity index (χ3n) is 6.59. The fourth-order valence-electron chi connectivity index (χ4n) is 4.70. The molecule has 2 aromatic carbocycles. The molecule has 2 amide bonds. The van der Waals surface area contributed by atoms with Crippen molar-refractivity contribution in [3.63, 3.8) is 0 Å². The Morgan fingerprint density at radius 1 is 1.00 bits per heavy atom. The fraction of sp³-hybridized carbons (Fsp3) is 0.440. The number of anilines is 1. The molecule has 182 valence electrons. The molecule has 2 aromatic rings. The highest BCUT2D eigenvalue weighted by Gasteiger charge is 2.31. The molecule has 0 spiro atoms. The summed E-state index contributed by atoms with van der Waals surface area (Å²) in [6.45, 7) is 3.79. The first-order valence-electron chi connectivity index (χ1n) is 11.6. The number of likely N-dealkylation sites (tertiary alicyclic amines) is 1. The highest BCUT2D eigenvalue weighted by atomic mass is 35.5. The first-order chi connectivity index (χ1) is 16.4. The van der Waals surface area contributed by atoms with Crippen LogP contribution >= 0.6 is 23.2 Å². The molecular weight excluding hydrogens is 475 g/mol. The molecular formula is C25H30Cl2N4O3. The standard InChI is InChI=1S/C25H30Cl2N4O3/c1-34-21-5-3-19(4-6-21)30-12-9-20(10-13-30)31-11-8-18(16-31)29-24(32)15-28-25(33)17-2-7-22(26)23(27)14-17/h2-7,14,18,20H,8-13,15-16H2,1H3,(H,28,33)(H,29,32)/t18-/m1/s1. The number of amides is 2. The predicted octanol–water partition coefficient (Wildman–Crippen LogP) is 3.59. The topological polar surface area (TPSA) is 73.9 Å². The zero-order valence-electron chi connectivity index (χ0n) is 19.2. The van der Waals surface area contributed by atoms with Crippen LogP contribution in [0.5, 0.6) is 5.75 Å². The summed E-state index contributed by atoms with van der Waals surface area (Å²) in [5.74, 6) is 0.331. The number of carbonyl (C=O) groups is 2. The van der Waals surface area contributed by atoms with Crippen LogP contribution in [0, 0.1) is 0 Å². The summed E-state index contributed by atoms with van der Waals surface area (Å²) in [6, 6.07) is 13.5. The number of benzene rings is 2. The minimum atomic E-state index is -0.356. The van der Waals surface area contributed by atoms with E-state index >= 15 is 0 Å². The number of carbonyl (C=O) groups excluding carboxylic acids is 2. The summed E-state index contributed by atoms with van der Waals surface area (Å²) in [6.07, 6.45) is 3.13. The lowest BCUT2D eigenvalue weighted by atomic mass is 10.0. The monoisotopic (exact) mass is 504 g/mol. The van der Waals surface area contributed by atoms with Gasteiger partial charge in [0.2, 0.25) is 5.91 Å². The lowest BCUT2D eigenvalue weighted by Gasteiger charge is -2.38. The van der Waals surface area contributed by atoms with Gasteiger partial charge in [-0.25, -0.2) is 0 Å². The number of methoxy groups -OCH3 is 1. The number of halogens is 2. The number of hydrogen-bond acceptors (Lipinski definition) is 5. The van der Waals surface area contributed by atoms with E-state index in [1.54, 1.807) is 19.2 Å². The number of piperidine rings is 1. The number of nitrogens with zero attached hydrogens (tertiary/aromatic N) is 2. The first kappa shape index (κ1) is 24.6. The van der Waals surface area contributed by atoms with Crippen molar-refractivity contribution in [3.8, 4) is 5.75 Å². The molecule has 0 unspecified atom stereocenters. The van der Waals surface area contributed by atoms with Gasteiger partial charge in [0.05, 0.1) is 23.7 Å². The molecule has 2 saturated heterocycles. The molecule has 2 aliphatic heterocycles. The van der Waals surface area contributed by atoms with Crippen molar-refractivity contribution >= 4 is 40.7 Å². The Bertz CT molecular complexity index is 1010. The van der Waals surface area contributed by atoms with E-state index in [9.17, 15) is 9.59 Å². The molecule has 4 rings (SSSR count). The van der Waals surface area contributed by atoms with Gasteiger partial charge in [-0.15, -0.1) is 0 Å². The second kappa shape index (κ2) is 11.3. The molecule has 2 heterocycles. The maximum Gasteiger partial charge on any atom is 0.251 e. The van der Waals surface area contributed by atoms with Crippen LogP contribution in [0.25, 0.3) is 0 Å². The smallest absolute Gasteiger partial charge is 0.251 e. The molecule has 0 aliphatic carbocycles. The Balaban J connectivity index is 1.18. The third kappa shape index (κ3) is 6.14. The minimum Gasteiger partial charge on any atom is -0.497 e. The van der Waals surface area contributed by atoms with E-state index in [0.717, 1.165) is 51.2 Å². The predicted molar refractivity (Wildman–Crippen MR) is 135 cm³/mol. The number of rotatable bonds is 7. The summed E-state index contributed by atoms with van der Waals surface area (Å²) < 4.78 is 5.25. The van der Waals surface area contributed by atoms with Gasteiger partial charge in [0, 0.05) is 49.5 Å². The maximum absolute atomic E-state index is 12.4. The molecule has 2 N–H and O–H groups in total. The van der Waals surface area contributed by atoms with Crippen molar-refractivity contribution in [2.45, 2.75) is 31.3 Å². The van der Waals surface area contributed by atoms with E-state index in [2.05, 4.69) is 32.6 Å². The fourth-order valence-corrected chi connectivity index (χ4v) is 5.00. The van der Waals surface area contributed by atoms with Gasteiger partial charge in [0.25, 0.3) is 5.91 Å². The van der Waals surface area contributed by atoms with Crippen LogP contribution in [0.15, 0.2) is 42.5 Å². The zero-order chi connectivity index (χ0) is 24.1.